The first-order valence-electron chi connectivity index (χ1n) is 13.4. The van der Waals surface area contributed by atoms with E-state index in [2.05, 4.69) is 25.7 Å². The standard InChI is InChI=1S/C33H35BF2N2O/c1-32(2,3)25-21-24-23-37(34(35,36)39-31(24)30(22-25)33(4,5)6)26-17-19-29(20-18-26)38(27-13-9-7-10-14-27)28-15-11-8-12-16-28/h7-23H,1-6H3. The molecule has 1 heterocycles. The molecule has 0 spiro atoms. The van der Waals surface area contributed by atoms with Crippen molar-refractivity contribution in [1.29, 1.82) is 0 Å². The van der Waals surface area contributed by atoms with Crippen LogP contribution in [0.1, 0.15) is 58.2 Å². The van der Waals surface area contributed by atoms with Gasteiger partial charge in [-0.25, -0.2) is 0 Å². The maximum atomic E-state index is 15.6. The molecule has 0 fully saturated rings. The quantitative estimate of drug-likeness (QED) is 0.247. The predicted octanol–water partition coefficient (Wildman–Crippen LogP) is 9.28. The van der Waals surface area contributed by atoms with Crippen molar-refractivity contribution in [3.63, 3.8) is 0 Å². The monoisotopic (exact) mass is 524 g/mol. The Morgan fingerprint density at radius 2 is 1.18 bits per heavy atom. The second kappa shape index (κ2) is 9.67. The zero-order chi connectivity index (χ0) is 28.0. The number of hydrogen-bond acceptors (Lipinski definition) is 2. The van der Waals surface area contributed by atoms with Gasteiger partial charge in [0.25, 0.3) is 0 Å². The van der Waals surface area contributed by atoms with Crippen LogP contribution in [0.25, 0.3) is 0 Å². The molecule has 0 atom stereocenters. The molecule has 0 aromatic heterocycles. The van der Waals surface area contributed by atoms with E-state index < -0.39 is 7.04 Å². The maximum absolute atomic E-state index is 15.6. The summed E-state index contributed by atoms with van der Waals surface area (Å²) in [7, 11) is -4.33. The Hall–Kier alpha value is -3.93. The van der Waals surface area contributed by atoms with E-state index in [4.69, 9.17) is 4.65 Å². The zero-order valence-corrected chi connectivity index (χ0v) is 23.5. The van der Waals surface area contributed by atoms with E-state index in [-0.39, 0.29) is 16.6 Å². The van der Waals surface area contributed by atoms with E-state index in [1.165, 1.54) is 0 Å². The fourth-order valence-corrected chi connectivity index (χ4v) is 4.93. The number of nitrogens with zero attached hydrogens (tertiary/aromatic N) is 2. The Balaban J connectivity index is 1.60. The molecular weight excluding hydrogens is 489 g/mol. The predicted molar refractivity (Wildman–Crippen MR) is 159 cm³/mol. The number of anilines is 3. The van der Waals surface area contributed by atoms with Crippen LogP contribution in [-0.4, -0.2) is 17.7 Å². The minimum atomic E-state index is -4.33. The molecule has 0 saturated heterocycles. The van der Waals surface area contributed by atoms with Gasteiger partial charge in [0, 0.05) is 29.2 Å². The second-order valence-electron chi connectivity index (χ2n) is 12.2. The smallest absolute Gasteiger partial charge is 0.599 e. The first-order chi connectivity index (χ1) is 18.3. The molecule has 0 unspecified atom stereocenters. The van der Waals surface area contributed by atoms with Gasteiger partial charge in [0.1, 0.15) is 6.21 Å². The minimum absolute atomic E-state index is 0.140. The van der Waals surface area contributed by atoms with E-state index in [0.717, 1.165) is 32.7 Å². The van der Waals surface area contributed by atoms with Crippen LogP contribution in [0.15, 0.2) is 97.1 Å². The van der Waals surface area contributed by atoms with Crippen molar-refractivity contribution in [1.82, 2.24) is 0 Å². The highest BCUT2D eigenvalue weighted by Crippen LogP contribution is 2.42. The first kappa shape index (κ1) is 26.7. The zero-order valence-electron chi connectivity index (χ0n) is 23.5. The van der Waals surface area contributed by atoms with E-state index in [9.17, 15) is 0 Å². The molecule has 0 N–H and O–H groups in total. The Kier molecular flexibility index (Phi) is 6.62. The average Bonchev–Trinajstić information content (AvgIpc) is 2.88. The van der Waals surface area contributed by atoms with Crippen molar-refractivity contribution < 1.29 is 17.8 Å². The van der Waals surface area contributed by atoms with Gasteiger partial charge in [-0.05, 0) is 64.4 Å². The van der Waals surface area contributed by atoms with Gasteiger partial charge in [0.05, 0.1) is 11.3 Å². The van der Waals surface area contributed by atoms with Crippen molar-refractivity contribution in [2.75, 3.05) is 4.90 Å². The summed E-state index contributed by atoms with van der Waals surface area (Å²) in [5.74, 6) is 0.271. The molecule has 0 bridgehead atoms. The normalized spacial score (nSPS) is 14.7. The summed E-state index contributed by atoms with van der Waals surface area (Å²) in [6, 6.07) is 31.2. The number of halogens is 2. The fraction of sp³-hybridized carbons (Fsp3) is 0.242. The molecule has 4 aromatic rings. The van der Waals surface area contributed by atoms with Gasteiger partial charge in [-0.1, -0.05) is 84.0 Å². The molecular formula is C33H35BF2N2O. The number of para-hydroxylation sites is 2. The average molecular weight is 524 g/mol. The Labute approximate surface area is 230 Å². The van der Waals surface area contributed by atoms with Crippen LogP contribution < -0.4 is 9.55 Å². The molecule has 1 aliphatic rings. The lowest BCUT2D eigenvalue weighted by Crippen LogP contribution is -2.47. The van der Waals surface area contributed by atoms with Crippen LogP contribution in [-0.2, 0) is 10.8 Å². The topological polar surface area (TPSA) is 15.5 Å². The van der Waals surface area contributed by atoms with Crippen LogP contribution in [0.2, 0.25) is 0 Å². The molecule has 6 heteroatoms. The Bertz CT molecular complexity index is 1460. The van der Waals surface area contributed by atoms with Gasteiger partial charge in [-0.3, -0.25) is 0 Å². The number of hydrogen-bond donors (Lipinski definition) is 0. The molecule has 5 rings (SSSR count). The van der Waals surface area contributed by atoms with Crippen molar-refractivity contribution in [3.05, 3.63) is 114 Å². The molecule has 39 heavy (non-hydrogen) atoms. The largest absolute Gasteiger partial charge is 0.834 e. The van der Waals surface area contributed by atoms with E-state index in [1.807, 2.05) is 106 Å². The lowest BCUT2D eigenvalue weighted by atomic mass is 9.78. The fourth-order valence-electron chi connectivity index (χ4n) is 4.93. The number of rotatable bonds is 4. The summed E-state index contributed by atoms with van der Waals surface area (Å²) in [5.41, 5.74) is 5.25. The summed E-state index contributed by atoms with van der Waals surface area (Å²) in [5, 5.41) is 0. The summed E-state index contributed by atoms with van der Waals surface area (Å²) in [6.07, 6.45) is 1.55. The third kappa shape index (κ3) is 5.33. The number of benzene rings is 4. The van der Waals surface area contributed by atoms with Crippen LogP contribution in [0, 0.1) is 0 Å². The molecule has 0 aliphatic carbocycles. The van der Waals surface area contributed by atoms with Gasteiger partial charge in [-0.15, -0.1) is 0 Å². The Morgan fingerprint density at radius 3 is 1.67 bits per heavy atom. The van der Waals surface area contributed by atoms with Crippen molar-refractivity contribution >= 4 is 36.0 Å². The van der Waals surface area contributed by atoms with Gasteiger partial charge >= 0.3 is 7.04 Å². The van der Waals surface area contributed by atoms with E-state index in [0.29, 0.717) is 11.3 Å². The minimum Gasteiger partial charge on any atom is -0.599 e. The second-order valence-corrected chi connectivity index (χ2v) is 12.2. The van der Waals surface area contributed by atoms with Crippen LogP contribution in [0.5, 0.6) is 5.75 Å². The van der Waals surface area contributed by atoms with E-state index >= 15 is 8.63 Å². The molecule has 0 saturated carbocycles. The van der Waals surface area contributed by atoms with Crippen LogP contribution in [0.4, 0.5) is 31.4 Å². The third-order valence-corrected chi connectivity index (χ3v) is 7.09. The summed E-state index contributed by atoms with van der Waals surface area (Å²) >= 11 is 0. The van der Waals surface area contributed by atoms with Gasteiger partial charge < -0.3 is 22.7 Å². The van der Waals surface area contributed by atoms with Gasteiger partial charge in [0.15, 0.2) is 5.69 Å². The molecule has 1 aliphatic heterocycles. The van der Waals surface area contributed by atoms with Crippen molar-refractivity contribution in [2.24, 2.45) is 0 Å². The SMILES string of the molecule is CC(C)(C)c1cc2c(c(C(C)(C)C)c1)O[B-](F)(F)[N+](c1ccc(N(c3ccccc3)c3ccccc3)cc1)=C2. The van der Waals surface area contributed by atoms with Gasteiger partial charge in [0.2, 0.25) is 0 Å². The first-order valence-corrected chi connectivity index (χ1v) is 13.4. The summed E-state index contributed by atoms with van der Waals surface area (Å²) in [6.45, 7) is 12.5. The molecule has 3 nitrogen and oxygen atoms in total. The van der Waals surface area contributed by atoms with Gasteiger partial charge in [-0.2, -0.15) is 0 Å². The molecule has 200 valence electrons. The molecule has 4 aromatic carbocycles. The van der Waals surface area contributed by atoms with Crippen LogP contribution in [0.3, 0.4) is 0 Å². The number of fused-ring (bicyclic) bond motifs is 1. The van der Waals surface area contributed by atoms with Crippen molar-refractivity contribution in [2.45, 2.75) is 52.4 Å². The summed E-state index contributed by atoms with van der Waals surface area (Å²) < 4.78 is 37.8. The lowest BCUT2D eigenvalue weighted by Gasteiger charge is -2.35. The summed E-state index contributed by atoms with van der Waals surface area (Å²) in [4.78, 5) is 2.10. The lowest BCUT2D eigenvalue weighted by molar-refractivity contribution is -0.343. The molecule has 0 amide bonds. The highest BCUT2D eigenvalue weighted by molar-refractivity contribution is 6.53. The van der Waals surface area contributed by atoms with Crippen molar-refractivity contribution in [3.8, 4) is 5.75 Å². The highest BCUT2D eigenvalue weighted by atomic mass is 19.3. The van der Waals surface area contributed by atoms with E-state index in [1.54, 1.807) is 18.3 Å². The third-order valence-electron chi connectivity index (χ3n) is 7.09. The maximum Gasteiger partial charge on any atom is 0.834 e. The van der Waals surface area contributed by atoms with Crippen LogP contribution >= 0.6 is 0 Å². The molecule has 0 radical (unpaired) electrons. The Morgan fingerprint density at radius 1 is 0.667 bits per heavy atom. The highest BCUT2D eigenvalue weighted by Gasteiger charge is 2.51.